The third kappa shape index (κ3) is 9.39. The quantitative estimate of drug-likeness (QED) is 0.515. The van der Waals surface area contributed by atoms with Gasteiger partial charge in [0.1, 0.15) is 5.60 Å². The van der Waals surface area contributed by atoms with Gasteiger partial charge < -0.3 is 14.8 Å². The predicted molar refractivity (Wildman–Crippen MR) is 107 cm³/mol. The lowest BCUT2D eigenvalue weighted by Gasteiger charge is -2.45. The van der Waals surface area contributed by atoms with Gasteiger partial charge >= 0.3 is 6.09 Å². The third-order valence-corrected chi connectivity index (χ3v) is 4.92. The molecule has 1 aliphatic rings. The first-order valence-electron chi connectivity index (χ1n) is 9.83. The Morgan fingerprint density at radius 1 is 1.19 bits per heavy atom. The van der Waals surface area contributed by atoms with E-state index in [9.17, 15) is 9.59 Å². The van der Waals surface area contributed by atoms with Crippen LogP contribution < -0.4 is 5.32 Å². The van der Waals surface area contributed by atoms with E-state index in [-0.39, 0.29) is 22.5 Å². The van der Waals surface area contributed by atoms with E-state index >= 15 is 0 Å². The second kappa shape index (κ2) is 8.74. The summed E-state index contributed by atoms with van der Waals surface area (Å²) in [5, 5.41) is 2.91. The highest BCUT2D eigenvalue weighted by Gasteiger charge is 2.41. The molecule has 0 radical (unpaired) electrons. The fraction of sp³-hybridized carbons (Fsp3) is 0.905. The van der Waals surface area contributed by atoms with Crippen molar-refractivity contribution in [2.75, 3.05) is 13.2 Å². The molecule has 1 rings (SSSR count). The Kier molecular flexibility index (Phi) is 7.66. The molecule has 1 saturated carbocycles. The Bertz CT molecular complexity index is 559. The number of nitrogens with zero attached hydrogens (tertiary/aromatic N) is 1. The van der Waals surface area contributed by atoms with Crippen molar-refractivity contribution in [2.24, 2.45) is 15.8 Å². The highest BCUT2D eigenvalue weighted by atomic mass is 16.6. The summed E-state index contributed by atoms with van der Waals surface area (Å²) in [6, 6.07) is -0.0416. The van der Waals surface area contributed by atoms with Gasteiger partial charge in [-0.05, 0) is 64.7 Å². The number of hydrogen-bond donors (Lipinski definition) is 1. The monoisotopic (exact) mass is 382 g/mol. The molecule has 156 valence electrons. The standard InChI is InChI=1S/C21H38N2O4/c1-18(2,3)26-10-9-20(6,7)27-17(25)22-14-21(8)12-16(23-15-24)11-19(4,5)13-21/h16H,9-14H2,1-8H3,(H,22,25). The number of isocyanates is 1. The number of ether oxygens (including phenoxy) is 2. The van der Waals surface area contributed by atoms with Crippen molar-refractivity contribution in [3.05, 3.63) is 0 Å². The number of amides is 1. The van der Waals surface area contributed by atoms with Crippen LogP contribution in [-0.4, -0.2) is 42.6 Å². The molecule has 6 nitrogen and oxygen atoms in total. The largest absolute Gasteiger partial charge is 0.443 e. The summed E-state index contributed by atoms with van der Waals surface area (Å²) < 4.78 is 11.3. The Morgan fingerprint density at radius 3 is 2.37 bits per heavy atom. The van der Waals surface area contributed by atoms with Crippen LogP contribution in [0, 0.1) is 10.8 Å². The highest BCUT2D eigenvalue weighted by molar-refractivity contribution is 5.67. The van der Waals surface area contributed by atoms with Crippen molar-refractivity contribution in [3.63, 3.8) is 0 Å². The van der Waals surface area contributed by atoms with E-state index in [0.29, 0.717) is 19.6 Å². The van der Waals surface area contributed by atoms with Crippen LogP contribution in [0.15, 0.2) is 4.99 Å². The van der Waals surface area contributed by atoms with Crippen LogP contribution >= 0.6 is 0 Å². The second-order valence-electron chi connectivity index (χ2n) is 10.6. The van der Waals surface area contributed by atoms with Crippen molar-refractivity contribution in [1.29, 1.82) is 0 Å². The minimum atomic E-state index is -0.605. The van der Waals surface area contributed by atoms with Crippen molar-refractivity contribution in [2.45, 2.75) is 98.3 Å². The Morgan fingerprint density at radius 2 is 1.81 bits per heavy atom. The molecule has 2 atom stereocenters. The first-order valence-corrected chi connectivity index (χ1v) is 9.83. The minimum Gasteiger partial charge on any atom is -0.443 e. The molecule has 0 aromatic carbocycles. The Hall–Kier alpha value is -1.39. The van der Waals surface area contributed by atoms with Crippen LogP contribution in [0.5, 0.6) is 0 Å². The van der Waals surface area contributed by atoms with Crippen LogP contribution in [0.25, 0.3) is 0 Å². The minimum absolute atomic E-state index is 0.0416. The molecule has 1 fully saturated rings. The van der Waals surface area contributed by atoms with Gasteiger partial charge in [0.25, 0.3) is 0 Å². The van der Waals surface area contributed by atoms with E-state index in [1.807, 2.05) is 34.6 Å². The van der Waals surface area contributed by atoms with Gasteiger partial charge in [-0.15, -0.1) is 0 Å². The lowest BCUT2D eigenvalue weighted by Crippen LogP contribution is -2.46. The van der Waals surface area contributed by atoms with Gasteiger partial charge in [-0.1, -0.05) is 20.8 Å². The zero-order valence-electron chi connectivity index (χ0n) is 18.4. The fourth-order valence-electron chi connectivity index (χ4n) is 4.11. The van der Waals surface area contributed by atoms with Crippen molar-refractivity contribution in [1.82, 2.24) is 5.32 Å². The average molecular weight is 383 g/mol. The van der Waals surface area contributed by atoms with Gasteiger partial charge in [-0.2, -0.15) is 0 Å². The van der Waals surface area contributed by atoms with Crippen molar-refractivity contribution < 1.29 is 19.1 Å². The molecule has 27 heavy (non-hydrogen) atoms. The molecule has 0 spiro atoms. The molecule has 0 saturated heterocycles. The number of carbonyl (C=O) groups is 1. The highest BCUT2D eigenvalue weighted by Crippen LogP contribution is 2.46. The Balaban J connectivity index is 2.55. The second-order valence-corrected chi connectivity index (χ2v) is 10.6. The first kappa shape index (κ1) is 23.6. The number of aliphatic imine (C=N–C) groups is 1. The van der Waals surface area contributed by atoms with E-state index in [4.69, 9.17) is 9.47 Å². The van der Waals surface area contributed by atoms with Crippen LogP contribution in [0.3, 0.4) is 0 Å². The maximum absolute atomic E-state index is 12.3. The summed E-state index contributed by atoms with van der Waals surface area (Å²) in [5.41, 5.74) is -0.883. The van der Waals surface area contributed by atoms with Crippen LogP contribution in [0.4, 0.5) is 4.79 Å². The topological polar surface area (TPSA) is 77.0 Å². The molecule has 1 N–H and O–H groups in total. The van der Waals surface area contributed by atoms with Crippen molar-refractivity contribution in [3.8, 4) is 0 Å². The molecule has 2 unspecified atom stereocenters. The smallest absolute Gasteiger partial charge is 0.407 e. The summed E-state index contributed by atoms with van der Waals surface area (Å²) in [6.07, 6.45) is 4.47. The van der Waals surface area contributed by atoms with Gasteiger partial charge in [-0.3, -0.25) is 0 Å². The van der Waals surface area contributed by atoms with Crippen LogP contribution in [0.2, 0.25) is 0 Å². The number of nitrogens with one attached hydrogen (secondary N) is 1. The molecule has 6 heteroatoms. The molecular weight excluding hydrogens is 344 g/mol. The summed E-state index contributed by atoms with van der Waals surface area (Å²) in [7, 11) is 0. The summed E-state index contributed by atoms with van der Waals surface area (Å²) in [6.45, 7) is 17.3. The van der Waals surface area contributed by atoms with Crippen LogP contribution in [0.1, 0.15) is 81.1 Å². The van der Waals surface area contributed by atoms with Crippen molar-refractivity contribution >= 4 is 12.2 Å². The summed E-state index contributed by atoms with van der Waals surface area (Å²) in [5.74, 6) is 0. The molecule has 0 bridgehead atoms. The van der Waals surface area contributed by atoms with E-state index in [0.717, 1.165) is 19.3 Å². The zero-order chi connectivity index (χ0) is 20.9. The molecule has 1 aliphatic carbocycles. The molecule has 1 amide bonds. The van der Waals surface area contributed by atoms with E-state index in [2.05, 4.69) is 31.1 Å². The fourth-order valence-corrected chi connectivity index (χ4v) is 4.11. The van der Waals surface area contributed by atoms with Gasteiger partial charge in [0.15, 0.2) is 0 Å². The van der Waals surface area contributed by atoms with Gasteiger partial charge in [0.05, 0.1) is 18.2 Å². The number of hydrogen-bond acceptors (Lipinski definition) is 5. The predicted octanol–water partition coefficient (Wildman–Crippen LogP) is 4.62. The zero-order valence-corrected chi connectivity index (χ0v) is 18.4. The summed E-state index contributed by atoms with van der Waals surface area (Å²) in [4.78, 5) is 26.9. The Labute approximate surface area is 164 Å². The number of alkyl carbamates (subject to hydrolysis) is 1. The maximum Gasteiger partial charge on any atom is 0.407 e. The normalized spacial score (nSPS) is 25.4. The van der Waals surface area contributed by atoms with Gasteiger partial charge in [0.2, 0.25) is 6.08 Å². The SMILES string of the molecule is CC1(C)CC(N=C=O)CC(C)(CNC(=O)OC(C)(C)CCOC(C)(C)C)C1. The van der Waals surface area contributed by atoms with E-state index in [1.165, 1.54) is 0 Å². The number of rotatable bonds is 7. The van der Waals surface area contributed by atoms with Gasteiger partial charge in [-0.25, -0.2) is 14.6 Å². The van der Waals surface area contributed by atoms with E-state index < -0.39 is 11.7 Å². The number of carbonyl (C=O) groups excluding carboxylic acids is 2. The molecule has 0 heterocycles. The molecular formula is C21H38N2O4. The van der Waals surface area contributed by atoms with Crippen LogP contribution in [-0.2, 0) is 14.3 Å². The lowest BCUT2D eigenvalue weighted by atomic mass is 9.63. The average Bonchev–Trinajstić information content (AvgIpc) is 2.41. The third-order valence-electron chi connectivity index (χ3n) is 4.92. The molecule has 0 aromatic heterocycles. The summed E-state index contributed by atoms with van der Waals surface area (Å²) >= 11 is 0. The molecule has 0 aliphatic heterocycles. The lowest BCUT2D eigenvalue weighted by molar-refractivity contribution is -0.0409. The molecule has 0 aromatic rings. The van der Waals surface area contributed by atoms with Gasteiger partial charge in [0, 0.05) is 13.0 Å². The first-order chi connectivity index (χ1) is 12.2. The van der Waals surface area contributed by atoms with E-state index in [1.54, 1.807) is 6.08 Å². The maximum atomic E-state index is 12.3.